The zero-order valence-corrected chi connectivity index (χ0v) is 12.1. The van der Waals surface area contributed by atoms with Gasteiger partial charge in [0, 0.05) is 30.9 Å². The lowest BCUT2D eigenvalue weighted by atomic mass is 10.0. The Morgan fingerprint density at radius 3 is 3.10 bits per heavy atom. The van der Waals surface area contributed by atoms with E-state index in [4.69, 9.17) is 4.74 Å². The molecule has 0 bridgehead atoms. The first kappa shape index (κ1) is 12.7. The van der Waals surface area contributed by atoms with E-state index < -0.39 is 0 Å². The molecule has 2 fully saturated rings. The molecule has 0 spiro atoms. The molecule has 3 heteroatoms. The Balaban J connectivity index is 1.50. The number of rotatable bonds is 1. The average Bonchev–Trinajstić information content (AvgIpc) is 2.87. The summed E-state index contributed by atoms with van der Waals surface area (Å²) in [5, 5.41) is 3.67. The number of benzene rings is 1. The van der Waals surface area contributed by atoms with Crippen LogP contribution in [0, 0.1) is 0 Å². The minimum absolute atomic E-state index is 0.509. The van der Waals surface area contributed by atoms with Crippen LogP contribution >= 0.6 is 0 Å². The molecule has 1 N–H and O–H groups in total. The highest BCUT2D eigenvalue weighted by Gasteiger charge is 2.39. The Morgan fingerprint density at radius 1 is 1.15 bits per heavy atom. The van der Waals surface area contributed by atoms with E-state index in [1.165, 1.54) is 43.4 Å². The first-order valence-corrected chi connectivity index (χ1v) is 8.11. The van der Waals surface area contributed by atoms with Crippen molar-refractivity contribution in [2.24, 2.45) is 0 Å². The van der Waals surface area contributed by atoms with Crippen molar-refractivity contribution < 1.29 is 4.74 Å². The van der Waals surface area contributed by atoms with Gasteiger partial charge in [-0.25, -0.2) is 0 Å². The monoisotopic (exact) mass is 272 g/mol. The fourth-order valence-corrected chi connectivity index (χ4v) is 4.25. The smallest absolute Gasteiger partial charge is 0.0731 e. The molecule has 2 aliphatic heterocycles. The molecule has 2 heterocycles. The predicted molar refractivity (Wildman–Crippen MR) is 81.1 cm³/mol. The standard InChI is InChI=1S/C17H24N2O/c1-2-5-15-13(4-1)8-9-14(12-18-15)19-10-11-20-17-7-3-6-16(17)19/h1-2,4-5,14,16-18H,3,6-12H2. The highest BCUT2D eigenvalue weighted by molar-refractivity contribution is 5.52. The summed E-state index contributed by atoms with van der Waals surface area (Å²) in [4.78, 5) is 2.75. The number of nitrogens with one attached hydrogen (secondary N) is 1. The van der Waals surface area contributed by atoms with Crippen LogP contribution in [0.15, 0.2) is 24.3 Å². The maximum atomic E-state index is 5.95. The molecule has 3 nitrogen and oxygen atoms in total. The summed E-state index contributed by atoms with van der Waals surface area (Å²) < 4.78 is 5.95. The molecule has 3 atom stereocenters. The van der Waals surface area contributed by atoms with Gasteiger partial charge in [-0.1, -0.05) is 18.2 Å². The quantitative estimate of drug-likeness (QED) is 0.850. The molecule has 20 heavy (non-hydrogen) atoms. The molecular formula is C17H24N2O. The lowest BCUT2D eigenvalue weighted by Gasteiger charge is -2.42. The first-order chi connectivity index (χ1) is 9.92. The summed E-state index contributed by atoms with van der Waals surface area (Å²) >= 11 is 0. The van der Waals surface area contributed by atoms with Crippen LogP contribution in [0.2, 0.25) is 0 Å². The molecular weight excluding hydrogens is 248 g/mol. The zero-order valence-electron chi connectivity index (χ0n) is 12.1. The molecule has 0 amide bonds. The minimum atomic E-state index is 0.509. The number of ether oxygens (including phenoxy) is 1. The maximum Gasteiger partial charge on any atom is 0.0731 e. The second kappa shape index (κ2) is 5.38. The minimum Gasteiger partial charge on any atom is -0.383 e. The molecule has 108 valence electrons. The van der Waals surface area contributed by atoms with E-state index >= 15 is 0 Å². The van der Waals surface area contributed by atoms with Crippen LogP contribution in [0.4, 0.5) is 5.69 Å². The van der Waals surface area contributed by atoms with Gasteiger partial charge in [0.2, 0.25) is 0 Å². The predicted octanol–water partition coefficient (Wildman–Crippen LogP) is 2.67. The molecule has 1 aromatic rings. The molecule has 4 rings (SSSR count). The molecule has 1 aliphatic carbocycles. The number of hydrogen-bond donors (Lipinski definition) is 1. The third-order valence-electron chi connectivity index (χ3n) is 5.29. The van der Waals surface area contributed by atoms with Crippen molar-refractivity contribution in [1.82, 2.24) is 4.90 Å². The third-order valence-corrected chi connectivity index (χ3v) is 5.29. The molecule has 1 saturated carbocycles. The molecule has 0 radical (unpaired) electrons. The van der Waals surface area contributed by atoms with Gasteiger partial charge >= 0.3 is 0 Å². The molecule has 1 saturated heterocycles. The van der Waals surface area contributed by atoms with Crippen molar-refractivity contribution in [2.45, 2.75) is 50.3 Å². The summed E-state index contributed by atoms with van der Waals surface area (Å²) in [6.45, 7) is 3.12. The van der Waals surface area contributed by atoms with Gasteiger partial charge in [-0.2, -0.15) is 0 Å². The van der Waals surface area contributed by atoms with Crippen LogP contribution in [0.3, 0.4) is 0 Å². The number of para-hydroxylation sites is 1. The average molecular weight is 272 g/mol. The van der Waals surface area contributed by atoms with E-state index in [9.17, 15) is 0 Å². The second-order valence-corrected chi connectivity index (χ2v) is 6.38. The maximum absolute atomic E-state index is 5.95. The van der Waals surface area contributed by atoms with E-state index in [0.29, 0.717) is 18.2 Å². The number of anilines is 1. The number of hydrogen-bond acceptors (Lipinski definition) is 3. The summed E-state index contributed by atoms with van der Waals surface area (Å²) in [6, 6.07) is 10.1. The summed E-state index contributed by atoms with van der Waals surface area (Å²) in [6.07, 6.45) is 6.91. The van der Waals surface area contributed by atoms with Crippen molar-refractivity contribution in [3.63, 3.8) is 0 Å². The SMILES string of the molecule is c1ccc2c(c1)CCC(N1CCOC3CCCC31)CN2. The van der Waals surface area contributed by atoms with E-state index in [0.717, 1.165) is 19.7 Å². The molecule has 3 aliphatic rings. The van der Waals surface area contributed by atoms with Crippen molar-refractivity contribution in [2.75, 3.05) is 25.0 Å². The van der Waals surface area contributed by atoms with Crippen molar-refractivity contribution in [3.05, 3.63) is 29.8 Å². The number of aryl methyl sites for hydroxylation is 1. The van der Waals surface area contributed by atoms with E-state index in [-0.39, 0.29) is 0 Å². The Bertz CT molecular complexity index is 449. The van der Waals surface area contributed by atoms with Gasteiger partial charge in [0.1, 0.15) is 0 Å². The van der Waals surface area contributed by atoms with Crippen LogP contribution in [-0.4, -0.2) is 42.8 Å². The number of nitrogens with zero attached hydrogens (tertiary/aromatic N) is 1. The Morgan fingerprint density at radius 2 is 2.10 bits per heavy atom. The molecule has 0 aromatic heterocycles. The van der Waals surface area contributed by atoms with Gasteiger partial charge in [0.15, 0.2) is 0 Å². The Kier molecular flexibility index (Phi) is 3.41. The molecule has 1 aromatic carbocycles. The van der Waals surface area contributed by atoms with Crippen LogP contribution in [0.1, 0.15) is 31.2 Å². The fourth-order valence-electron chi connectivity index (χ4n) is 4.25. The summed E-state index contributed by atoms with van der Waals surface area (Å²) in [5.41, 5.74) is 2.82. The van der Waals surface area contributed by atoms with Crippen LogP contribution in [0.5, 0.6) is 0 Å². The summed E-state index contributed by atoms with van der Waals surface area (Å²) in [7, 11) is 0. The van der Waals surface area contributed by atoms with Crippen molar-refractivity contribution in [3.8, 4) is 0 Å². The summed E-state index contributed by atoms with van der Waals surface area (Å²) in [5.74, 6) is 0. The van der Waals surface area contributed by atoms with E-state index in [2.05, 4.69) is 34.5 Å². The second-order valence-electron chi connectivity index (χ2n) is 6.38. The van der Waals surface area contributed by atoms with Gasteiger partial charge < -0.3 is 10.1 Å². The van der Waals surface area contributed by atoms with Gasteiger partial charge in [0.05, 0.1) is 12.7 Å². The van der Waals surface area contributed by atoms with Crippen LogP contribution < -0.4 is 5.32 Å². The van der Waals surface area contributed by atoms with Gasteiger partial charge in [-0.05, 0) is 43.7 Å². The normalized spacial score (nSPS) is 33.9. The van der Waals surface area contributed by atoms with Gasteiger partial charge in [0.25, 0.3) is 0 Å². The number of fused-ring (bicyclic) bond motifs is 2. The zero-order chi connectivity index (χ0) is 13.4. The van der Waals surface area contributed by atoms with Crippen LogP contribution in [0.25, 0.3) is 0 Å². The van der Waals surface area contributed by atoms with Crippen molar-refractivity contribution in [1.29, 1.82) is 0 Å². The van der Waals surface area contributed by atoms with Crippen LogP contribution in [-0.2, 0) is 11.2 Å². The lowest BCUT2D eigenvalue weighted by molar-refractivity contribution is -0.0706. The van der Waals surface area contributed by atoms with Gasteiger partial charge in [-0.3, -0.25) is 4.90 Å². The Labute approximate surface area is 121 Å². The first-order valence-electron chi connectivity index (χ1n) is 8.11. The van der Waals surface area contributed by atoms with Gasteiger partial charge in [-0.15, -0.1) is 0 Å². The topological polar surface area (TPSA) is 24.5 Å². The highest BCUT2D eigenvalue weighted by atomic mass is 16.5. The lowest BCUT2D eigenvalue weighted by Crippen LogP contribution is -2.54. The molecule has 3 unspecified atom stereocenters. The van der Waals surface area contributed by atoms with E-state index in [1.54, 1.807) is 0 Å². The third kappa shape index (κ3) is 2.23. The van der Waals surface area contributed by atoms with Crippen molar-refractivity contribution >= 4 is 5.69 Å². The Hall–Kier alpha value is -1.06. The highest BCUT2D eigenvalue weighted by Crippen LogP contribution is 2.33. The van der Waals surface area contributed by atoms with E-state index in [1.807, 2.05) is 0 Å². The fraction of sp³-hybridized carbons (Fsp3) is 0.647. The number of morpholine rings is 1. The largest absolute Gasteiger partial charge is 0.383 e.